The van der Waals surface area contributed by atoms with Crippen LogP contribution in [0.2, 0.25) is 0 Å². The van der Waals surface area contributed by atoms with Crippen LogP contribution in [0.4, 0.5) is 0 Å². The van der Waals surface area contributed by atoms with Crippen LogP contribution in [0.15, 0.2) is 53.7 Å². The molecule has 164 valence electrons. The van der Waals surface area contributed by atoms with Gasteiger partial charge in [0.1, 0.15) is 0 Å². The molecule has 31 heavy (non-hydrogen) atoms. The van der Waals surface area contributed by atoms with Crippen LogP contribution in [0.3, 0.4) is 0 Å². The van der Waals surface area contributed by atoms with Crippen LogP contribution in [0.5, 0.6) is 11.5 Å². The summed E-state index contributed by atoms with van der Waals surface area (Å²) in [6.45, 7) is 1.13. The van der Waals surface area contributed by atoms with Gasteiger partial charge in [-0.05, 0) is 36.6 Å². The Kier molecular flexibility index (Phi) is 6.75. The Balaban J connectivity index is 1.45. The first-order chi connectivity index (χ1) is 15.2. The van der Waals surface area contributed by atoms with Crippen LogP contribution in [-0.2, 0) is 16.2 Å². The van der Waals surface area contributed by atoms with Gasteiger partial charge < -0.3 is 19.2 Å². The minimum absolute atomic E-state index is 0.136. The van der Waals surface area contributed by atoms with Crippen LogP contribution >= 0.6 is 0 Å². The highest BCUT2D eigenvalue weighted by atomic mass is 16.6. The van der Waals surface area contributed by atoms with Crippen molar-refractivity contribution in [2.75, 3.05) is 20.8 Å². The van der Waals surface area contributed by atoms with E-state index < -0.39 is 0 Å². The summed E-state index contributed by atoms with van der Waals surface area (Å²) in [6.07, 6.45) is 4.76. The number of oxime groups is 1. The second-order valence-corrected chi connectivity index (χ2v) is 8.23. The van der Waals surface area contributed by atoms with Crippen molar-refractivity contribution in [2.45, 2.75) is 44.8 Å². The van der Waals surface area contributed by atoms with Crippen molar-refractivity contribution in [3.8, 4) is 11.5 Å². The lowest BCUT2D eigenvalue weighted by Crippen LogP contribution is -2.40. The third kappa shape index (κ3) is 5.01. The van der Waals surface area contributed by atoms with Gasteiger partial charge in [-0.3, -0.25) is 4.79 Å². The molecular formula is C25H30N2O4. The lowest BCUT2D eigenvalue weighted by molar-refractivity contribution is -0.137. The summed E-state index contributed by atoms with van der Waals surface area (Å²) in [5.41, 5.74) is 2.93. The Hall–Kier alpha value is -3.02. The second kappa shape index (κ2) is 9.86. The van der Waals surface area contributed by atoms with E-state index in [1.54, 1.807) is 14.2 Å². The molecule has 0 spiro atoms. The maximum atomic E-state index is 13.2. The SMILES string of the molecule is COc1ccc(C2=NO[C@@H](CN(Cc3ccccc3)C(=O)C3CCCC3)C2)cc1OC. The summed E-state index contributed by atoms with van der Waals surface area (Å²) in [5, 5.41) is 4.32. The van der Waals surface area contributed by atoms with Crippen molar-refractivity contribution in [2.24, 2.45) is 11.1 Å². The van der Waals surface area contributed by atoms with E-state index in [-0.39, 0.29) is 17.9 Å². The molecule has 1 atom stereocenters. The number of carbonyl (C=O) groups excluding carboxylic acids is 1. The Morgan fingerprint density at radius 1 is 1.06 bits per heavy atom. The Morgan fingerprint density at radius 2 is 1.81 bits per heavy atom. The highest BCUT2D eigenvalue weighted by molar-refractivity contribution is 6.01. The van der Waals surface area contributed by atoms with E-state index in [4.69, 9.17) is 14.3 Å². The zero-order chi connectivity index (χ0) is 21.6. The molecule has 0 radical (unpaired) electrons. The summed E-state index contributed by atoms with van der Waals surface area (Å²) in [4.78, 5) is 21.0. The standard InChI is InChI=1S/C25H30N2O4/c1-29-23-13-12-20(14-24(23)30-2)22-15-21(31-26-22)17-27(16-18-8-4-3-5-9-18)25(28)19-10-6-7-11-19/h3-5,8-9,12-14,19,21H,6-7,10-11,15-17H2,1-2H3/t21-/m1/s1. The molecule has 4 rings (SSSR count). The van der Waals surface area contributed by atoms with E-state index in [0.29, 0.717) is 31.0 Å². The van der Waals surface area contributed by atoms with Gasteiger partial charge >= 0.3 is 0 Å². The smallest absolute Gasteiger partial charge is 0.226 e. The van der Waals surface area contributed by atoms with E-state index in [2.05, 4.69) is 17.3 Å². The van der Waals surface area contributed by atoms with Gasteiger partial charge in [0, 0.05) is 24.4 Å². The minimum Gasteiger partial charge on any atom is -0.493 e. The van der Waals surface area contributed by atoms with Crippen LogP contribution in [0.1, 0.15) is 43.2 Å². The number of rotatable bonds is 8. The molecule has 0 bridgehead atoms. The molecule has 1 fully saturated rings. The van der Waals surface area contributed by atoms with E-state index >= 15 is 0 Å². The molecule has 0 aromatic heterocycles. The molecule has 6 nitrogen and oxygen atoms in total. The molecular weight excluding hydrogens is 392 g/mol. The third-order valence-corrected chi connectivity index (χ3v) is 6.11. The van der Waals surface area contributed by atoms with E-state index in [1.165, 1.54) is 0 Å². The largest absolute Gasteiger partial charge is 0.493 e. The van der Waals surface area contributed by atoms with Crippen molar-refractivity contribution in [1.82, 2.24) is 4.90 Å². The van der Waals surface area contributed by atoms with Gasteiger partial charge in [0.05, 0.1) is 26.5 Å². The fourth-order valence-electron chi connectivity index (χ4n) is 4.43. The van der Waals surface area contributed by atoms with E-state index in [1.807, 2.05) is 41.3 Å². The van der Waals surface area contributed by atoms with Crippen LogP contribution in [0.25, 0.3) is 0 Å². The molecule has 6 heteroatoms. The fourth-order valence-corrected chi connectivity index (χ4v) is 4.43. The number of ether oxygens (including phenoxy) is 2. The molecule has 1 saturated carbocycles. The number of methoxy groups -OCH3 is 2. The zero-order valence-electron chi connectivity index (χ0n) is 18.3. The highest BCUT2D eigenvalue weighted by Crippen LogP contribution is 2.31. The highest BCUT2D eigenvalue weighted by Gasteiger charge is 2.31. The molecule has 2 aromatic rings. The van der Waals surface area contributed by atoms with E-state index in [0.717, 1.165) is 42.5 Å². The van der Waals surface area contributed by atoms with Crippen LogP contribution in [0, 0.1) is 5.92 Å². The molecule has 1 aliphatic heterocycles. The van der Waals surface area contributed by atoms with Crippen LogP contribution < -0.4 is 9.47 Å². The molecule has 1 aliphatic carbocycles. The molecule has 1 heterocycles. The summed E-state index contributed by atoms with van der Waals surface area (Å²) >= 11 is 0. The normalized spacial score (nSPS) is 18.4. The van der Waals surface area contributed by atoms with Gasteiger partial charge in [-0.1, -0.05) is 48.3 Å². The Bertz CT molecular complexity index is 922. The van der Waals surface area contributed by atoms with Gasteiger partial charge in [0.2, 0.25) is 5.91 Å². The molecule has 0 N–H and O–H groups in total. The fraction of sp³-hybridized carbons (Fsp3) is 0.440. The Labute approximate surface area is 183 Å². The summed E-state index contributed by atoms with van der Waals surface area (Å²) in [7, 11) is 3.24. The van der Waals surface area contributed by atoms with Crippen molar-refractivity contribution in [3.63, 3.8) is 0 Å². The van der Waals surface area contributed by atoms with Crippen molar-refractivity contribution < 1.29 is 19.1 Å². The second-order valence-electron chi connectivity index (χ2n) is 8.23. The predicted molar refractivity (Wildman–Crippen MR) is 119 cm³/mol. The summed E-state index contributed by atoms with van der Waals surface area (Å²) in [6, 6.07) is 15.9. The summed E-state index contributed by atoms with van der Waals surface area (Å²) in [5.74, 6) is 1.72. The van der Waals surface area contributed by atoms with Crippen molar-refractivity contribution in [1.29, 1.82) is 0 Å². The average molecular weight is 423 g/mol. The lowest BCUT2D eigenvalue weighted by Gasteiger charge is -2.27. The van der Waals surface area contributed by atoms with Crippen molar-refractivity contribution >= 4 is 11.6 Å². The lowest BCUT2D eigenvalue weighted by atomic mass is 10.0. The summed E-state index contributed by atoms with van der Waals surface area (Å²) < 4.78 is 10.7. The topological polar surface area (TPSA) is 60.4 Å². The number of carbonyl (C=O) groups is 1. The number of hydrogen-bond donors (Lipinski definition) is 0. The number of hydrogen-bond acceptors (Lipinski definition) is 5. The molecule has 0 saturated heterocycles. The monoisotopic (exact) mass is 422 g/mol. The number of amides is 1. The maximum Gasteiger partial charge on any atom is 0.226 e. The van der Waals surface area contributed by atoms with Gasteiger partial charge in [-0.15, -0.1) is 0 Å². The first-order valence-electron chi connectivity index (χ1n) is 11.0. The molecule has 0 unspecified atom stereocenters. The van der Waals surface area contributed by atoms with Crippen LogP contribution in [-0.4, -0.2) is 43.4 Å². The van der Waals surface area contributed by atoms with Gasteiger partial charge in [-0.2, -0.15) is 0 Å². The number of benzene rings is 2. The third-order valence-electron chi connectivity index (χ3n) is 6.11. The first kappa shape index (κ1) is 21.2. The zero-order valence-corrected chi connectivity index (χ0v) is 18.3. The minimum atomic E-state index is -0.155. The first-order valence-corrected chi connectivity index (χ1v) is 11.0. The van der Waals surface area contributed by atoms with Gasteiger partial charge in [0.15, 0.2) is 17.6 Å². The molecule has 1 amide bonds. The van der Waals surface area contributed by atoms with E-state index in [9.17, 15) is 4.79 Å². The molecule has 2 aromatic carbocycles. The molecule has 2 aliphatic rings. The van der Waals surface area contributed by atoms with Gasteiger partial charge in [-0.25, -0.2) is 0 Å². The quantitative estimate of drug-likeness (QED) is 0.632. The predicted octanol–water partition coefficient (Wildman–Crippen LogP) is 4.42. The Morgan fingerprint density at radius 3 is 2.52 bits per heavy atom. The average Bonchev–Trinajstić information content (AvgIpc) is 3.51. The number of nitrogens with zero attached hydrogens (tertiary/aromatic N) is 2. The maximum absolute atomic E-state index is 13.2. The van der Waals surface area contributed by atoms with Gasteiger partial charge in [0.25, 0.3) is 0 Å². The van der Waals surface area contributed by atoms with Crippen molar-refractivity contribution in [3.05, 3.63) is 59.7 Å².